The molecule has 130 valence electrons. The van der Waals surface area contributed by atoms with Gasteiger partial charge in [-0.05, 0) is 26.0 Å². The average molecular weight is 348 g/mol. The second kappa shape index (κ2) is 6.58. The number of carbonyl (C=O) groups is 1. The first kappa shape index (κ1) is 17.0. The molecular formula is C18H15F3N2O2. The molecule has 2 heterocycles. The summed E-state index contributed by atoms with van der Waals surface area (Å²) in [5.74, 6) is -4.11. The monoisotopic (exact) mass is 348 g/mol. The van der Waals surface area contributed by atoms with Crippen LogP contribution in [0, 0.1) is 24.4 Å². The van der Waals surface area contributed by atoms with Crippen molar-refractivity contribution in [1.82, 2.24) is 4.98 Å². The topological polar surface area (TPSA) is 51.2 Å². The first-order valence-corrected chi connectivity index (χ1v) is 7.69. The highest BCUT2D eigenvalue weighted by Gasteiger charge is 2.30. The predicted molar refractivity (Wildman–Crippen MR) is 86.2 cm³/mol. The van der Waals surface area contributed by atoms with Crippen LogP contribution >= 0.6 is 0 Å². The van der Waals surface area contributed by atoms with E-state index in [4.69, 9.17) is 4.74 Å². The molecule has 1 aliphatic heterocycles. The number of nitrogens with zero attached hydrogens (tertiary/aromatic N) is 1. The van der Waals surface area contributed by atoms with Crippen LogP contribution in [0.2, 0.25) is 0 Å². The van der Waals surface area contributed by atoms with E-state index in [2.05, 4.69) is 10.3 Å². The van der Waals surface area contributed by atoms with Crippen LogP contribution in [-0.2, 0) is 16.0 Å². The Morgan fingerprint density at radius 1 is 1.28 bits per heavy atom. The lowest BCUT2D eigenvalue weighted by Crippen LogP contribution is -2.22. The molecule has 0 radical (unpaired) electrons. The fraction of sp³-hybridized carbons (Fsp3) is 0.222. The van der Waals surface area contributed by atoms with Crippen LogP contribution in [0.1, 0.15) is 23.7 Å². The number of aryl methyl sites for hydroxylation is 1. The molecule has 0 aliphatic carbocycles. The van der Waals surface area contributed by atoms with Gasteiger partial charge in [0.2, 0.25) is 0 Å². The zero-order valence-corrected chi connectivity index (χ0v) is 13.6. The number of hydrogen-bond acceptors (Lipinski definition) is 4. The Kier molecular flexibility index (Phi) is 4.48. The summed E-state index contributed by atoms with van der Waals surface area (Å²) in [6.07, 6.45) is 1.23. The van der Waals surface area contributed by atoms with Gasteiger partial charge in [0.25, 0.3) is 0 Å². The van der Waals surface area contributed by atoms with Crippen LogP contribution in [0.25, 0.3) is 5.70 Å². The quantitative estimate of drug-likeness (QED) is 0.678. The van der Waals surface area contributed by atoms with Gasteiger partial charge in [-0.25, -0.2) is 18.0 Å². The van der Waals surface area contributed by atoms with Crippen molar-refractivity contribution in [3.05, 3.63) is 64.2 Å². The Morgan fingerprint density at radius 3 is 2.68 bits per heavy atom. The molecule has 2 aromatic rings. The fourth-order valence-electron chi connectivity index (χ4n) is 2.67. The number of fused-ring (bicyclic) bond motifs is 1. The van der Waals surface area contributed by atoms with Crippen molar-refractivity contribution in [2.24, 2.45) is 0 Å². The maximum Gasteiger partial charge on any atom is 0.336 e. The minimum Gasteiger partial charge on any atom is -0.463 e. The lowest BCUT2D eigenvalue weighted by molar-refractivity contribution is -0.138. The van der Waals surface area contributed by atoms with Crippen LogP contribution in [0.4, 0.5) is 18.9 Å². The molecular weight excluding hydrogens is 333 g/mol. The second-order valence-electron chi connectivity index (χ2n) is 5.57. The molecule has 0 saturated heterocycles. The number of anilines is 1. The van der Waals surface area contributed by atoms with Crippen molar-refractivity contribution >= 4 is 17.4 Å². The Hall–Kier alpha value is -2.83. The molecule has 1 N–H and O–H groups in total. The SMILES string of the molecule is CCOC(=O)C1=C(c2ccc(C)nc2)Nc2c(F)cc(F)c(F)c2C1. The summed E-state index contributed by atoms with van der Waals surface area (Å²) >= 11 is 0. The predicted octanol–water partition coefficient (Wildman–Crippen LogP) is 3.75. The molecule has 0 fully saturated rings. The van der Waals surface area contributed by atoms with E-state index in [9.17, 15) is 18.0 Å². The molecule has 1 aromatic carbocycles. The van der Waals surface area contributed by atoms with E-state index in [-0.39, 0.29) is 35.5 Å². The summed E-state index contributed by atoms with van der Waals surface area (Å²) in [7, 11) is 0. The van der Waals surface area contributed by atoms with Gasteiger partial charge in [-0.1, -0.05) is 0 Å². The van der Waals surface area contributed by atoms with E-state index in [1.807, 2.05) is 0 Å². The zero-order chi connectivity index (χ0) is 18.1. The van der Waals surface area contributed by atoms with Gasteiger partial charge in [-0.2, -0.15) is 0 Å². The molecule has 25 heavy (non-hydrogen) atoms. The number of halogens is 3. The largest absolute Gasteiger partial charge is 0.463 e. The van der Waals surface area contributed by atoms with Gasteiger partial charge in [0.1, 0.15) is 5.82 Å². The lowest BCUT2D eigenvalue weighted by atomic mass is 9.93. The molecule has 4 nitrogen and oxygen atoms in total. The van der Waals surface area contributed by atoms with Crippen LogP contribution in [0.15, 0.2) is 30.0 Å². The Labute approximate surface area is 142 Å². The van der Waals surface area contributed by atoms with E-state index < -0.39 is 23.4 Å². The lowest BCUT2D eigenvalue weighted by Gasteiger charge is -2.25. The van der Waals surface area contributed by atoms with E-state index >= 15 is 0 Å². The molecule has 1 aromatic heterocycles. The third-order valence-electron chi connectivity index (χ3n) is 3.90. The summed E-state index contributed by atoms with van der Waals surface area (Å²) in [4.78, 5) is 16.4. The zero-order valence-electron chi connectivity index (χ0n) is 13.6. The minimum absolute atomic E-state index is 0.0869. The van der Waals surface area contributed by atoms with Crippen molar-refractivity contribution in [1.29, 1.82) is 0 Å². The Bertz CT molecular complexity index is 877. The van der Waals surface area contributed by atoms with Crippen molar-refractivity contribution in [2.45, 2.75) is 20.3 Å². The first-order chi connectivity index (χ1) is 11.9. The third-order valence-corrected chi connectivity index (χ3v) is 3.90. The molecule has 1 aliphatic rings. The van der Waals surface area contributed by atoms with Gasteiger partial charge in [-0.15, -0.1) is 0 Å². The van der Waals surface area contributed by atoms with Gasteiger partial charge in [0.05, 0.1) is 23.6 Å². The van der Waals surface area contributed by atoms with E-state index in [1.165, 1.54) is 6.20 Å². The first-order valence-electron chi connectivity index (χ1n) is 7.69. The number of ether oxygens (including phenoxy) is 1. The number of pyridine rings is 1. The summed E-state index contributed by atoms with van der Waals surface area (Å²) < 4.78 is 46.7. The van der Waals surface area contributed by atoms with E-state index in [1.54, 1.807) is 26.0 Å². The van der Waals surface area contributed by atoms with E-state index in [0.717, 1.165) is 5.69 Å². The maximum absolute atomic E-state index is 14.1. The smallest absolute Gasteiger partial charge is 0.336 e. The summed E-state index contributed by atoms with van der Waals surface area (Å²) in [6.45, 7) is 3.55. The van der Waals surface area contributed by atoms with Gasteiger partial charge in [0.15, 0.2) is 11.6 Å². The summed E-state index contributed by atoms with van der Waals surface area (Å²) in [5.41, 5.74) is 1.19. The van der Waals surface area contributed by atoms with Crippen LogP contribution in [0.5, 0.6) is 0 Å². The van der Waals surface area contributed by atoms with Crippen LogP contribution < -0.4 is 5.32 Å². The highest BCUT2D eigenvalue weighted by atomic mass is 19.2. The molecule has 0 amide bonds. The highest BCUT2D eigenvalue weighted by molar-refractivity contribution is 6.02. The average Bonchev–Trinajstić information content (AvgIpc) is 2.59. The van der Waals surface area contributed by atoms with Gasteiger partial charge in [-0.3, -0.25) is 4.98 Å². The molecule has 0 atom stereocenters. The Morgan fingerprint density at radius 2 is 2.04 bits per heavy atom. The molecule has 3 rings (SSSR count). The number of rotatable bonds is 3. The summed E-state index contributed by atoms with van der Waals surface area (Å²) in [6, 6.07) is 3.90. The van der Waals surface area contributed by atoms with Gasteiger partial charge < -0.3 is 10.1 Å². The number of hydrogen-bond donors (Lipinski definition) is 1. The van der Waals surface area contributed by atoms with Crippen molar-refractivity contribution < 1.29 is 22.7 Å². The van der Waals surface area contributed by atoms with Gasteiger partial charge in [0, 0.05) is 35.5 Å². The minimum atomic E-state index is -1.30. The van der Waals surface area contributed by atoms with Crippen LogP contribution in [-0.4, -0.2) is 17.6 Å². The standard InChI is InChI=1S/C18H15F3N2O2/c1-3-25-18(24)12-6-11-15(21)13(19)7-14(20)17(11)23-16(12)10-5-4-9(2)22-8-10/h4-5,7-8,23H,3,6H2,1-2H3. The molecule has 0 saturated carbocycles. The molecule has 0 unspecified atom stereocenters. The number of nitrogens with one attached hydrogen (secondary N) is 1. The Balaban J connectivity index is 2.16. The number of benzene rings is 1. The number of aromatic nitrogens is 1. The number of carbonyl (C=O) groups excluding carboxylic acids is 1. The summed E-state index contributed by atoms with van der Waals surface area (Å²) in [5, 5.41) is 2.72. The molecule has 7 heteroatoms. The molecule has 0 spiro atoms. The maximum atomic E-state index is 14.1. The fourth-order valence-corrected chi connectivity index (χ4v) is 2.67. The van der Waals surface area contributed by atoms with Crippen LogP contribution in [0.3, 0.4) is 0 Å². The van der Waals surface area contributed by atoms with E-state index in [0.29, 0.717) is 11.6 Å². The van der Waals surface area contributed by atoms with Gasteiger partial charge >= 0.3 is 5.97 Å². The number of esters is 1. The second-order valence-corrected chi connectivity index (χ2v) is 5.57. The molecule has 0 bridgehead atoms. The third kappa shape index (κ3) is 3.09. The van der Waals surface area contributed by atoms with Crippen molar-refractivity contribution in [3.8, 4) is 0 Å². The van der Waals surface area contributed by atoms with Crippen molar-refractivity contribution in [2.75, 3.05) is 11.9 Å². The normalized spacial score (nSPS) is 13.3. The highest BCUT2D eigenvalue weighted by Crippen LogP contribution is 2.37. The van der Waals surface area contributed by atoms with Crippen molar-refractivity contribution in [3.63, 3.8) is 0 Å².